The molecular weight excluding hydrogens is 254 g/mol. The van der Waals surface area contributed by atoms with E-state index in [4.69, 9.17) is 15.9 Å². The molecule has 1 aromatic carbocycles. The lowest BCUT2D eigenvalue weighted by molar-refractivity contribution is 0.548. The van der Waals surface area contributed by atoms with Crippen molar-refractivity contribution in [3.63, 3.8) is 0 Å². The number of fused-ring (bicyclic) bond motifs is 2. The van der Waals surface area contributed by atoms with Gasteiger partial charge in [0.25, 0.3) is 6.01 Å². The van der Waals surface area contributed by atoms with Crippen LogP contribution in [0, 0.1) is 0 Å². The maximum Gasteiger partial charge on any atom is 0.292 e. The Hall–Kier alpha value is -2.60. The molecule has 0 amide bonds. The lowest BCUT2D eigenvalue weighted by atomic mass is 10.0. The van der Waals surface area contributed by atoms with Gasteiger partial charge in [0.05, 0.1) is 6.54 Å². The van der Waals surface area contributed by atoms with Gasteiger partial charge in [0.1, 0.15) is 17.5 Å². The van der Waals surface area contributed by atoms with E-state index in [0.717, 1.165) is 22.5 Å². The zero-order valence-electron chi connectivity index (χ0n) is 10.7. The van der Waals surface area contributed by atoms with Crippen molar-refractivity contribution >= 4 is 28.5 Å². The lowest BCUT2D eigenvalue weighted by Gasteiger charge is -2.19. The topological polar surface area (TPSA) is 93.7 Å². The first-order chi connectivity index (χ1) is 9.69. The number of nitrogen functional groups attached to an aromatic ring is 1. The van der Waals surface area contributed by atoms with Gasteiger partial charge in [0.15, 0.2) is 5.58 Å². The molecule has 0 saturated heterocycles. The van der Waals surface area contributed by atoms with Gasteiger partial charge in [0.2, 0.25) is 0 Å². The molecule has 1 atom stereocenters. The number of aromatic nitrogens is 1. The van der Waals surface area contributed by atoms with Crippen LogP contribution in [0.5, 0.6) is 0 Å². The molecule has 0 radical (unpaired) electrons. The number of rotatable bonds is 1. The Labute approximate surface area is 115 Å². The third kappa shape index (κ3) is 1.70. The van der Waals surface area contributed by atoms with E-state index in [2.05, 4.69) is 21.1 Å². The molecule has 2 aromatic rings. The fraction of sp³-hybridized carbons (Fsp3) is 0.143. The van der Waals surface area contributed by atoms with E-state index in [1.807, 2.05) is 30.4 Å². The number of benzene rings is 1. The Kier molecular flexibility index (Phi) is 2.22. The van der Waals surface area contributed by atoms with E-state index in [9.17, 15) is 0 Å². The number of anilines is 1. The van der Waals surface area contributed by atoms with Crippen molar-refractivity contribution in [3.8, 4) is 0 Å². The van der Waals surface area contributed by atoms with Crippen molar-refractivity contribution < 1.29 is 4.42 Å². The summed E-state index contributed by atoms with van der Waals surface area (Å²) in [5, 5.41) is 0. The first-order valence-corrected chi connectivity index (χ1v) is 6.35. The maximum absolute atomic E-state index is 5.83. The molecule has 0 aliphatic carbocycles. The van der Waals surface area contributed by atoms with Gasteiger partial charge in [-0.3, -0.25) is 0 Å². The van der Waals surface area contributed by atoms with Gasteiger partial charge in [-0.25, -0.2) is 4.99 Å². The zero-order chi connectivity index (χ0) is 13.7. The van der Waals surface area contributed by atoms with Crippen LogP contribution < -0.4 is 11.5 Å². The van der Waals surface area contributed by atoms with Crippen LogP contribution in [0.3, 0.4) is 0 Å². The van der Waals surface area contributed by atoms with Gasteiger partial charge < -0.3 is 20.8 Å². The molecule has 0 saturated carbocycles. The SMILES string of the molecule is Nc1nc2cc(C3=CN4CC(N)N=C4C=C3)ccc2o1. The molecule has 2 aliphatic rings. The third-order valence-electron chi connectivity index (χ3n) is 3.42. The minimum atomic E-state index is -0.150. The third-order valence-corrected chi connectivity index (χ3v) is 3.42. The highest BCUT2D eigenvalue weighted by molar-refractivity contribution is 6.01. The molecule has 3 heterocycles. The summed E-state index contributed by atoms with van der Waals surface area (Å²) in [6.45, 7) is 0.711. The number of allylic oxidation sites excluding steroid dienone is 2. The van der Waals surface area contributed by atoms with E-state index in [-0.39, 0.29) is 12.2 Å². The van der Waals surface area contributed by atoms with Crippen LogP contribution in [0.1, 0.15) is 5.56 Å². The van der Waals surface area contributed by atoms with E-state index in [1.165, 1.54) is 0 Å². The normalized spacial score (nSPS) is 21.1. The highest BCUT2D eigenvalue weighted by Crippen LogP contribution is 2.26. The molecule has 6 heteroatoms. The minimum absolute atomic E-state index is 0.150. The molecule has 0 bridgehead atoms. The van der Waals surface area contributed by atoms with E-state index < -0.39 is 0 Å². The molecule has 20 heavy (non-hydrogen) atoms. The summed E-state index contributed by atoms with van der Waals surface area (Å²) in [6.07, 6.45) is 5.90. The van der Waals surface area contributed by atoms with Gasteiger partial charge in [0, 0.05) is 6.20 Å². The maximum atomic E-state index is 5.83. The van der Waals surface area contributed by atoms with E-state index in [0.29, 0.717) is 12.1 Å². The van der Waals surface area contributed by atoms with Gasteiger partial charge in [-0.15, -0.1) is 0 Å². The number of aliphatic imine (C=N–C) groups is 1. The fourth-order valence-electron chi connectivity index (χ4n) is 2.51. The fourth-order valence-corrected chi connectivity index (χ4v) is 2.51. The molecule has 2 aliphatic heterocycles. The van der Waals surface area contributed by atoms with Crippen molar-refractivity contribution in [2.45, 2.75) is 6.17 Å². The second kappa shape index (κ2) is 3.94. The predicted molar refractivity (Wildman–Crippen MR) is 77.7 cm³/mol. The number of nitrogens with two attached hydrogens (primary N) is 2. The van der Waals surface area contributed by atoms with E-state index in [1.54, 1.807) is 0 Å². The van der Waals surface area contributed by atoms with Crippen molar-refractivity contribution in [1.82, 2.24) is 9.88 Å². The summed E-state index contributed by atoms with van der Waals surface area (Å²) in [5.41, 5.74) is 15.0. The molecule has 0 fully saturated rings. The Morgan fingerprint density at radius 1 is 1.30 bits per heavy atom. The molecule has 4 rings (SSSR count). The summed E-state index contributed by atoms with van der Waals surface area (Å²) < 4.78 is 5.28. The average Bonchev–Trinajstić information content (AvgIpc) is 2.97. The Bertz CT molecular complexity index is 786. The molecule has 1 aromatic heterocycles. The first kappa shape index (κ1) is 11.2. The Balaban J connectivity index is 1.75. The molecular formula is C14H13N5O. The van der Waals surface area contributed by atoms with Gasteiger partial charge in [-0.2, -0.15) is 4.98 Å². The van der Waals surface area contributed by atoms with Crippen molar-refractivity contribution in [1.29, 1.82) is 0 Å². The molecule has 6 nitrogen and oxygen atoms in total. The van der Waals surface area contributed by atoms with Crippen molar-refractivity contribution in [2.24, 2.45) is 10.7 Å². The van der Waals surface area contributed by atoms with Crippen LogP contribution >= 0.6 is 0 Å². The van der Waals surface area contributed by atoms with Crippen molar-refractivity contribution in [2.75, 3.05) is 12.3 Å². The number of oxazole rings is 1. The molecule has 0 spiro atoms. The number of hydrogen-bond donors (Lipinski definition) is 2. The van der Waals surface area contributed by atoms with Crippen LogP contribution in [0.15, 0.2) is 46.0 Å². The second-order valence-electron chi connectivity index (χ2n) is 4.86. The number of amidine groups is 1. The summed E-state index contributed by atoms with van der Waals surface area (Å²) in [4.78, 5) is 10.5. The van der Waals surface area contributed by atoms with Gasteiger partial charge in [-0.1, -0.05) is 6.07 Å². The zero-order valence-corrected chi connectivity index (χ0v) is 10.7. The number of hydrogen-bond acceptors (Lipinski definition) is 6. The van der Waals surface area contributed by atoms with Crippen LogP contribution in [0.4, 0.5) is 6.01 Å². The van der Waals surface area contributed by atoms with Crippen LogP contribution in [0.25, 0.3) is 16.7 Å². The largest absolute Gasteiger partial charge is 0.424 e. The predicted octanol–water partition coefficient (Wildman–Crippen LogP) is 1.32. The summed E-state index contributed by atoms with van der Waals surface area (Å²) in [6, 6.07) is 6.01. The van der Waals surface area contributed by atoms with Crippen LogP contribution in [-0.4, -0.2) is 28.4 Å². The van der Waals surface area contributed by atoms with Crippen molar-refractivity contribution in [3.05, 3.63) is 42.1 Å². The highest BCUT2D eigenvalue weighted by Gasteiger charge is 2.22. The lowest BCUT2D eigenvalue weighted by Crippen LogP contribution is -2.28. The summed E-state index contributed by atoms with van der Waals surface area (Å²) in [5.74, 6) is 0.910. The highest BCUT2D eigenvalue weighted by atomic mass is 16.4. The first-order valence-electron chi connectivity index (χ1n) is 6.35. The smallest absolute Gasteiger partial charge is 0.292 e. The van der Waals surface area contributed by atoms with Crippen LogP contribution in [0.2, 0.25) is 0 Å². The monoisotopic (exact) mass is 267 g/mol. The second-order valence-corrected chi connectivity index (χ2v) is 4.86. The average molecular weight is 267 g/mol. The Morgan fingerprint density at radius 2 is 2.20 bits per heavy atom. The summed E-state index contributed by atoms with van der Waals surface area (Å²) in [7, 11) is 0. The molecule has 1 unspecified atom stereocenters. The molecule has 100 valence electrons. The standard InChI is InChI=1S/C14H13N5O/c15-12-7-19-6-9(2-4-13(19)18-12)8-1-3-11-10(5-8)17-14(16)20-11/h1-6,12H,7,15H2,(H2,16,17). The van der Waals surface area contributed by atoms with Gasteiger partial charge >= 0.3 is 0 Å². The van der Waals surface area contributed by atoms with Gasteiger partial charge in [-0.05, 0) is 35.4 Å². The molecule has 4 N–H and O–H groups in total. The number of nitrogens with zero attached hydrogens (tertiary/aromatic N) is 3. The summed E-state index contributed by atoms with van der Waals surface area (Å²) >= 11 is 0. The Morgan fingerprint density at radius 3 is 3.10 bits per heavy atom. The quantitative estimate of drug-likeness (QED) is 0.812. The van der Waals surface area contributed by atoms with E-state index >= 15 is 0 Å². The van der Waals surface area contributed by atoms with Crippen LogP contribution in [-0.2, 0) is 0 Å². The minimum Gasteiger partial charge on any atom is -0.424 e.